The van der Waals surface area contributed by atoms with Crippen LogP contribution >= 0.6 is 23.2 Å². The van der Waals surface area contributed by atoms with Crippen LogP contribution in [0.5, 0.6) is 11.5 Å². The van der Waals surface area contributed by atoms with Gasteiger partial charge in [0.05, 0.1) is 18.3 Å². The van der Waals surface area contributed by atoms with Crippen molar-refractivity contribution in [2.24, 2.45) is 5.10 Å². The Hall–Kier alpha value is -3.62. The molecule has 3 aromatic rings. The summed E-state index contributed by atoms with van der Waals surface area (Å²) < 4.78 is 24.2. The number of nitrogens with zero attached hydrogens (tertiary/aromatic N) is 1. The van der Waals surface area contributed by atoms with Crippen LogP contribution in [0.15, 0.2) is 65.8 Å². The summed E-state index contributed by atoms with van der Waals surface area (Å²) in [5, 5.41) is 6.97. The van der Waals surface area contributed by atoms with Crippen molar-refractivity contribution in [3.8, 4) is 11.5 Å². The van der Waals surface area contributed by atoms with E-state index in [2.05, 4.69) is 15.8 Å². The van der Waals surface area contributed by atoms with Crippen LogP contribution < -0.4 is 20.2 Å². The number of hydrogen-bond donors (Lipinski definition) is 2. The molecule has 0 atom stereocenters. The predicted molar refractivity (Wildman–Crippen MR) is 125 cm³/mol. The van der Waals surface area contributed by atoms with Crippen LogP contribution in [0.1, 0.15) is 11.1 Å². The van der Waals surface area contributed by atoms with Gasteiger partial charge in [-0.25, -0.2) is 9.82 Å². The molecule has 0 spiro atoms. The molecule has 3 aromatic carbocycles. The summed E-state index contributed by atoms with van der Waals surface area (Å²) in [7, 11) is 1.47. The van der Waals surface area contributed by atoms with E-state index in [-0.39, 0.29) is 11.6 Å². The normalized spacial score (nSPS) is 10.7. The number of carbonyl (C=O) groups excluding carboxylic acids is 2. The third-order valence-corrected chi connectivity index (χ3v) is 4.88. The van der Waals surface area contributed by atoms with Gasteiger partial charge in [0.25, 0.3) is 0 Å². The number of carbonyl (C=O) groups is 2. The second-order valence-corrected chi connectivity index (χ2v) is 7.44. The Bertz CT molecular complexity index is 1190. The number of methoxy groups -OCH3 is 1. The topological polar surface area (TPSA) is 89.0 Å². The number of ether oxygens (including phenoxy) is 2. The Morgan fingerprint density at radius 3 is 2.45 bits per heavy atom. The van der Waals surface area contributed by atoms with Crippen LogP contribution in [0.2, 0.25) is 10.0 Å². The fourth-order valence-corrected chi connectivity index (χ4v) is 2.96. The van der Waals surface area contributed by atoms with Crippen molar-refractivity contribution in [2.45, 2.75) is 6.61 Å². The van der Waals surface area contributed by atoms with Gasteiger partial charge in [0.2, 0.25) is 0 Å². The number of hydrogen-bond acceptors (Lipinski definition) is 5. The number of benzene rings is 3. The maximum absolute atomic E-state index is 13.2. The third kappa shape index (κ3) is 6.93. The quantitative estimate of drug-likeness (QED) is 0.283. The average molecular weight is 490 g/mol. The van der Waals surface area contributed by atoms with Crippen molar-refractivity contribution >= 4 is 46.9 Å². The van der Waals surface area contributed by atoms with Crippen molar-refractivity contribution < 1.29 is 23.5 Å². The van der Waals surface area contributed by atoms with E-state index in [1.807, 2.05) is 0 Å². The number of nitrogens with one attached hydrogen (secondary N) is 2. The van der Waals surface area contributed by atoms with Gasteiger partial charge in [0, 0.05) is 16.3 Å². The molecule has 0 saturated carbocycles. The number of halogens is 3. The Morgan fingerprint density at radius 2 is 1.76 bits per heavy atom. The second-order valence-electron chi connectivity index (χ2n) is 6.59. The zero-order valence-electron chi connectivity index (χ0n) is 17.3. The Balaban J connectivity index is 1.57. The van der Waals surface area contributed by atoms with Gasteiger partial charge in [0.15, 0.2) is 11.5 Å². The zero-order chi connectivity index (χ0) is 23.8. The highest BCUT2D eigenvalue weighted by Gasteiger charge is 2.13. The second kappa shape index (κ2) is 11.3. The minimum atomic E-state index is -0.940. The number of anilines is 1. The molecule has 3 rings (SSSR count). The maximum Gasteiger partial charge on any atom is 0.329 e. The molecule has 0 aromatic heterocycles. The van der Waals surface area contributed by atoms with Gasteiger partial charge < -0.3 is 14.8 Å². The molecule has 0 aliphatic carbocycles. The van der Waals surface area contributed by atoms with Gasteiger partial charge in [-0.1, -0.05) is 29.3 Å². The fraction of sp³-hybridized carbons (Fsp3) is 0.0870. The molecule has 170 valence electrons. The van der Waals surface area contributed by atoms with Crippen LogP contribution in [0.4, 0.5) is 10.1 Å². The third-order valence-electron chi connectivity index (χ3n) is 4.27. The van der Waals surface area contributed by atoms with Crippen LogP contribution in [0, 0.1) is 5.82 Å². The molecule has 0 radical (unpaired) electrons. The first kappa shape index (κ1) is 24.0. The number of hydrazone groups is 1. The van der Waals surface area contributed by atoms with E-state index in [1.54, 1.807) is 42.5 Å². The van der Waals surface area contributed by atoms with E-state index >= 15 is 0 Å². The van der Waals surface area contributed by atoms with E-state index in [9.17, 15) is 14.0 Å². The van der Waals surface area contributed by atoms with Crippen molar-refractivity contribution in [3.63, 3.8) is 0 Å². The molecule has 33 heavy (non-hydrogen) atoms. The van der Waals surface area contributed by atoms with Gasteiger partial charge in [0.1, 0.15) is 12.4 Å². The molecule has 0 aliphatic rings. The Morgan fingerprint density at radius 1 is 1.00 bits per heavy atom. The highest BCUT2D eigenvalue weighted by atomic mass is 35.5. The minimum absolute atomic E-state index is 0.113. The molecule has 0 fully saturated rings. The summed E-state index contributed by atoms with van der Waals surface area (Å²) in [6.45, 7) is 0.113. The van der Waals surface area contributed by atoms with E-state index in [4.69, 9.17) is 32.7 Å². The molecule has 0 bridgehead atoms. The lowest BCUT2D eigenvalue weighted by molar-refractivity contribution is -0.136. The van der Waals surface area contributed by atoms with Crippen molar-refractivity contribution in [1.29, 1.82) is 0 Å². The molecular weight excluding hydrogens is 472 g/mol. The number of amides is 2. The monoisotopic (exact) mass is 489 g/mol. The summed E-state index contributed by atoms with van der Waals surface area (Å²) in [4.78, 5) is 23.8. The lowest BCUT2D eigenvalue weighted by atomic mass is 10.2. The van der Waals surface area contributed by atoms with E-state index < -0.39 is 17.6 Å². The largest absolute Gasteiger partial charge is 0.493 e. The van der Waals surface area contributed by atoms with Gasteiger partial charge >= 0.3 is 11.8 Å². The van der Waals surface area contributed by atoms with E-state index in [1.165, 1.54) is 31.5 Å². The Labute approximate surface area is 199 Å². The first-order valence-corrected chi connectivity index (χ1v) is 10.3. The molecule has 0 unspecified atom stereocenters. The average Bonchev–Trinajstić information content (AvgIpc) is 2.80. The lowest BCUT2D eigenvalue weighted by Gasteiger charge is -2.12. The molecule has 0 heterocycles. The van der Waals surface area contributed by atoms with Crippen molar-refractivity contribution in [1.82, 2.24) is 5.43 Å². The summed E-state index contributed by atoms with van der Waals surface area (Å²) in [5.74, 6) is -1.41. The molecule has 0 saturated heterocycles. The number of rotatable bonds is 7. The van der Waals surface area contributed by atoms with Crippen LogP contribution in [0.25, 0.3) is 0 Å². The van der Waals surface area contributed by atoms with Gasteiger partial charge in [-0.05, 0) is 60.2 Å². The van der Waals surface area contributed by atoms with Crippen LogP contribution in [-0.4, -0.2) is 25.1 Å². The van der Waals surface area contributed by atoms with Crippen molar-refractivity contribution in [2.75, 3.05) is 12.4 Å². The van der Waals surface area contributed by atoms with Gasteiger partial charge in [-0.2, -0.15) is 5.10 Å². The molecule has 2 amide bonds. The smallest absolute Gasteiger partial charge is 0.329 e. The van der Waals surface area contributed by atoms with E-state index in [0.29, 0.717) is 33.3 Å². The highest BCUT2D eigenvalue weighted by Crippen LogP contribution is 2.29. The molecule has 2 N–H and O–H groups in total. The van der Waals surface area contributed by atoms with Crippen molar-refractivity contribution in [3.05, 3.63) is 87.7 Å². The summed E-state index contributed by atoms with van der Waals surface area (Å²) in [5.41, 5.74) is 3.77. The molecule has 0 aliphatic heterocycles. The molecule has 10 heteroatoms. The summed E-state index contributed by atoms with van der Waals surface area (Å²) in [6, 6.07) is 15.3. The maximum atomic E-state index is 13.2. The standard InChI is InChI=1S/C23H18Cl2FN3O4/c1-32-21-10-14(2-9-20(21)33-13-15-3-6-17(26)11-19(15)25)12-27-29-23(31)22(30)28-18-7-4-16(24)5-8-18/h2-12H,13H2,1H3,(H,28,30)(H,29,31)/b27-12+. The molecule has 7 nitrogen and oxygen atoms in total. The summed E-state index contributed by atoms with van der Waals surface area (Å²) in [6.07, 6.45) is 1.34. The lowest BCUT2D eigenvalue weighted by Crippen LogP contribution is -2.32. The first-order valence-electron chi connectivity index (χ1n) is 9.50. The minimum Gasteiger partial charge on any atom is -0.493 e. The SMILES string of the molecule is COc1cc(/C=N/NC(=O)C(=O)Nc2ccc(Cl)cc2)ccc1OCc1ccc(F)cc1Cl. The summed E-state index contributed by atoms with van der Waals surface area (Å²) >= 11 is 11.8. The predicted octanol–water partition coefficient (Wildman–Crippen LogP) is 4.81. The zero-order valence-corrected chi connectivity index (χ0v) is 18.8. The van der Waals surface area contributed by atoms with Gasteiger partial charge in [-0.15, -0.1) is 0 Å². The van der Waals surface area contributed by atoms with Gasteiger partial charge in [-0.3, -0.25) is 9.59 Å². The van der Waals surface area contributed by atoms with E-state index in [0.717, 1.165) is 0 Å². The van der Waals surface area contributed by atoms with Crippen LogP contribution in [-0.2, 0) is 16.2 Å². The highest BCUT2D eigenvalue weighted by molar-refractivity contribution is 6.39. The Kier molecular flexibility index (Phi) is 8.23. The molecular formula is C23H18Cl2FN3O4. The van der Waals surface area contributed by atoms with Crippen LogP contribution in [0.3, 0.4) is 0 Å². The first-order chi connectivity index (χ1) is 15.9. The fourth-order valence-electron chi connectivity index (χ4n) is 2.62.